The van der Waals surface area contributed by atoms with E-state index in [2.05, 4.69) is 0 Å². The van der Waals surface area contributed by atoms with Crippen LogP contribution in [0.5, 0.6) is 0 Å². The van der Waals surface area contributed by atoms with E-state index in [9.17, 15) is 45.6 Å². The number of aliphatic hydroxyl groups excluding tert-OH is 5. The highest BCUT2D eigenvalue weighted by Crippen LogP contribution is 2.68. The Hall–Kier alpha value is -0.910. The van der Waals surface area contributed by atoms with E-state index in [-0.39, 0.29) is 25.0 Å². The van der Waals surface area contributed by atoms with E-state index in [0.717, 1.165) is 0 Å². The standard InChI is InChI=1S/C27H44O9/c1-23(2,34)19(30)12-20(31)26(5,35)18-7-9-27(36)14-10-16(28)15-11-17(29)21(32)22(33)25(15,4)13(14)6-8-24(18,27)3/h10,13,15,17-22,29-36H,6-9,11-12H2,1-5H3/t13-,15-,17+,18-,19?,20?,21+,22+,24+,25+,26+,27+/m0/s1. The smallest absolute Gasteiger partial charge is 0.159 e. The van der Waals surface area contributed by atoms with Crippen LogP contribution in [0.4, 0.5) is 0 Å². The van der Waals surface area contributed by atoms with E-state index >= 15 is 0 Å². The van der Waals surface area contributed by atoms with Gasteiger partial charge in [0.25, 0.3) is 0 Å². The minimum atomic E-state index is -1.70. The van der Waals surface area contributed by atoms with Crippen molar-refractivity contribution in [2.24, 2.45) is 28.6 Å². The maximum atomic E-state index is 13.3. The lowest BCUT2D eigenvalue weighted by molar-refractivity contribution is -0.206. The minimum absolute atomic E-state index is 0.0383. The highest BCUT2D eigenvalue weighted by atomic mass is 16.4. The Bertz CT molecular complexity index is 925. The molecule has 4 aliphatic rings. The lowest BCUT2D eigenvalue weighted by Crippen LogP contribution is -2.67. The summed E-state index contributed by atoms with van der Waals surface area (Å²) in [6, 6.07) is 0. The lowest BCUT2D eigenvalue weighted by atomic mass is 9.45. The number of rotatable bonds is 5. The molecular formula is C27H44O9. The molecule has 2 unspecified atom stereocenters. The van der Waals surface area contributed by atoms with E-state index in [1.54, 1.807) is 6.92 Å². The number of carbonyl (C=O) groups excluding carboxylic acids is 1. The Balaban J connectivity index is 1.69. The quantitative estimate of drug-likeness (QED) is 0.247. The fourth-order valence-corrected chi connectivity index (χ4v) is 8.31. The van der Waals surface area contributed by atoms with Crippen LogP contribution in [0.15, 0.2) is 11.6 Å². The van der Waals surface area contributed by atoms with Crippen LogP contribution < -0.4 is 0 Å². The van der Waals surface area contributed by atoms with Crippen molar-refractivity contribution >= 4 is 5.78 Å². The zero-order valence-electron chi connectivity index (χ0n) is 21.9. The van der Waals surface area contributed by atoms with E-state index in [4.69, 9.17) is 0 Å². The number of hydrogen-bond donors (Lipinski definition) is 8. The molecule has 36 heavy (non-hydrogen) atoms. The van der Waals surface area contributed by atoms with Crippen molar-refractivity contribution in [2.75, 3.05) is 0 Å². The lowest BCUT2D eigenvalue weighted by Gasteiger charge is -2.61. The SMILES string of the molecule is CC(C)(O)C(O)CC(O)[C@](C)(O)[C@H]1CC[C@@]2(O)C3=CC(=O)[C@@H]4C[C@@H](O)[C@@H](O)[C@@H](O)[C@]4(C)[C@H]3CC[C@]12C. The summed E-state index contributed by atoms with van der Waals surface area (Å²) in [4.78, 5) is 13.3. The fraction of sp³-hybridized carbons (Fsp3) is 0.889. The molecule has 0 heterocycles. The molecule has 4 rings (SSSR count). The monoisotopic (exact) mass is 512 g/mol. The van der Waals surface area contributed by atoms with E-state index in [0.29, 0.717) is 24.8 Å². The van der Waals surface area contributed by atoms with Crippen LogP contribution in [0.2, 0.25) is 0 Å². The van der Waals surface area contributed by atoms with Gasteiger partial charge in [-0.15, -0.1) is 0 Å². The Kier molecular flexibility index (Phi) is 6.67. The zero-order valence-corrected chi connectivity index (χ0v) is 21.9. The highest BCUT2D eigenvalue weighted by molar-refractivity contribution is 5.95. The van der Waals surface area contributed by atoms with Crippen molar-refractivity contribution in [3.63, 3.8) is 0 Å². The summed E-state index contributed by atoms with van der Waals surface area (Å²) in [5.74, 6) is -1.96. The van der Waals surface area contributed by atoms with Crippen LogP contribution >= 0.6 is 0 Å². The second kappa shape index (κ2) is 8.55. The molecule has 0 amide bonds. The van der Waals surface area contributed by atoms with Crippen molar-refractivity contribution in [1.29, 1.82) is 0 Å². The Labute approximate surface area is 212 Å². The number of fused-ring (bicyclic) bond motifs is 5. The van der Waals surface area contributed by atoms with Crippen LogP contribution in [0, 0.1) is 28.6 Å². The van der Waals surface area contributed by atoms with Gasteiger partial charge in [-0.3, -0.25) is 4.79 Å². The average Bonchev–Trinajstić information content (AvgIpc) is 3.06. The van der Waals surface area contributed by atoms with Crippen molar-refractivity contribution in [3.05, 3.63) is 11.6 Å². The van der Waals surface area contributed by atoms with Crippen LogP contribution in [0.3, 0.4) is 0 Å². The van der Waals surface area contributed by atoms with Crippen molar-refractivity contribution in [1.82, 2.24) is 0 Å². The first-order valence-corrected chi connectivity index (χ1v) is 13.2. The summed E-state index contributed by atoms with van der Waals surface area (Å²) in [7, 11) is 0. The summed E-state index contributed by atoms with van der Waals surface area (Å²) in [5, 5.41) is 86.9. The molecule has 0 aliphatic heterocycles. The first-order valence-electron chi connectivity index (χ1n) is 13.2. The van der Waals surface area contributed by atoms with Gasteiger partial charge in [0.15, 0.2) is 5.78 Å². The van der Waals surface area contributed by atoms with Crippen molar-refractivity contribution < 1.29 is 45.6 Å². The second-order valence-electron chi connectivity index (χ2n) is 13.3. The Morgan fingerprint density at radius 3 is 2.19 bits per heavy atom. The molecule has 9 nitrogen and oxygen atoms in total. The second-order valence-corrected chi connectivity index (χ2v) is 13.3. The normalized spacial score (nSPS) is 48.2. The highest BCUT2D eigenvalue weighted by Gasteiger charge is 2.70. The van der Waals surface area contributed by atoms with Gasteiger partial charge >= 0.3 is 0 Å². The summed E-state index contributed by atoms with van der Waals surface area (Å²) in [5.41, 5.74) is -6.13. The van der Waals surface area contributed by atoms with E-state index in [1.807, 2.05) is 6.92 Å². The van der Waals surface area contributed by atoms with Crippen LogP contribution in [0.25, 0.3) is 0 Å². The summed E-state index contributed by atoms with van der Waals surface area (Å²) in [6.07, 6.45) is -3.83. The number of ketones is 1. The van der Waals surface area contributed by atoms with Crippen LogP contribution in [-0.2, 0) is 4.79 Å². The van der Waals surface area contributed by atoms with Crippen LogP contribution in [-0.4, -0.2) is 94.0 Å². The van der Waals surface area contributed by atoms with E-state index in [1.165, 1.54) is 26.8 Å². The van der Waals surface area contributed by atoms with Crippen molar-refractivity contribution in [2.45, 2.75) is 120 Å². The maximum absolute atomic E-state index is 13.3. The molecule has 0 radical (unpaired) electrons. The van der Waals surface area contributed by atoms with Gasteiger partial charge in [0, 0.05) is 23.2 Å². The van der Waals surface area contributed by atoms with Gasteiger partial charge in [-0.05, 0) is 76.4 Å². The Morgan fingerprint density at radius 1 is 1.00 bits per heavy atom. The van der Waals surface area contributed by atoms with Gasteiger partial charge in [0.1, 0.15) is 6.10 Å². The molecular weight excluding hydrogens is 468 g/mol. The molecule has 4 aliphatic carbocycles. The predicted molar refractivity (Wildman–Crippen MR) is 129 cm³/mol. The third-order valence-electron chi connectivity index (χ3n) is 10.9. The fourth-order valence-electron chi connectivity index (χ4n) is 8.31. The van der Waals surface area contributed by atoms with Gasteiger partial charge in [-0.1, -0.05) is 13.8 Å². The minimum Gasteiger partial charge on any atom is -0.390 e. The topological polar surface area (TPSA) is 179 Å². The molecule has 0 aromatic rings. The van der Waals surface area contributed by atoms with Gasteiger partial charge in [-0.2, -0.15) is 0 Å². The summed E-state index contributed by atoms with van der Waals surface area (Å²) < 4.78 is 0. The summed E-state index contributed by atoms with van der Waals surface area (Å²) >= 11 is 0. The number of carbonyl (C=O) groups is 1. The predicted octanol–water partition coefficient (Wildman–Crippen LogP) is -0.204. The van der Waals surface area contributed by atoms with Crippen LogP contribution in [0.1, 0.15) is 73.1 Å². The van der Waals surface area contributed by atoms with Gasteiger partial charge in [0.05, 0.1) is 41.2 Å². The molecule has 0 spiro atoms. The molecule has 0 saturated heterocycles. The third kappa shape index (κ3) is 3.69. The van der Waals surface area contributed by atoms with Crippen molar-refractivity contribution in [3.8, 4) is 0 Å². The van der Waals surface area contributed by atoms with Gasteiger partial charge in [-0.25, -0.2) is 0 Å². The molecule has 0 aromatic heterocycles. The molecule has 12 atom stereocenters. The van der Waals surface area contributed by atoms with Gasteiger partial charge < -0.3 is 40.9 Å². The average molecular weight is 513 g/mol. The number of hydrogen-bond acceptors (Lipinski definition) is 9. The first kappa shape index (κ1) is 28.1. The third-order valence-corrected chi connectivity index (χ3v) is 10.9. The molecule has 3 saturated carbocycles. The zero-order chi connectivity index (χ0) is 27.2. The molecule has 0 bridgehead atoms. The Morgan fingerprint density at radius 2 is 1.61 bits per heavy atom. The molecule has 0 aromatic carbocycles. The molecule has 206 valence electrons. The summed E-state index contributed by atoms with van der Waals surface area (Å²) in [6.45, 7) is 7.94. The maximum Gasteiger partial charge on any atom is 0.159 e. The molecule has 8 N–H and O–H groups in total. The largest absolute Gasteiger partial charge is 0.390 e. The number of aliphatic hydroxyl groups is 8. The molecule has 3 fully saturated rings. The van der Waals surface area contributed by atoms with Gasteiger partial charge in [0.2, 0.25) is 0 Å². The first-order chi connectivity index (χ1) is 16.3. The number of allylic oxidation sites excluding steroid dienone is 1. The van der Waals surface area contributed by atoms with E-state index < -0.39 is 75.9 Å². The molecule has 9 heteroatoms.